The van der Waals surface area contributed by atoms with Crippen molar-refractivity contribution in [1.82, 2.24) is 5.32 Å². The van der Waals surface area contributed by atoms with Gasteiger partial charge >= 0.3 is 0 Å². The van der Waals surface area contributed by atoms with Crippen LogP contribution in [0.1, 0.15) is 36.0 Å². The van der Waals surface area contributed by atoms with Gasteiger partial charge in [-0.3, -0.25) is 4.79 Å². The molecule has 5 heteroatoms. The van der Waals surface area contributed by atoms with Crippen LogP contribution in [-0.2, 0) is 0 Å². The number of carbonyl (C=O) groups is 1. The molecule has 0 aliphatic carbocycles. The number of carbonyl (C=O) groups excluding carboxylic acids is 1. The summed E-state index contributed by atoms with van der Waals surface area (Å²) in [6.07, 6.45) is 4.08. The molecule has 0 bridgehead atoms. The topological polar surface area (TPSA) is 78.6 Å². The number of hydrogen-bond donors (Lipinski definition) is 3. The van der Waals surface area contributed by atoms with Crippen molar-refractivity contribution in [2.45, 2.75) is 31.7 Å². The molecule has 1 atom stereocenters. The van der Waals surface area contributed by atoms with Gasteiger partial charge in [0.15, 0.2) is 0 Å². The minimum absolute atomic E-state index is 0.124. The first kappa shape index (κ1) is 14.7. The number of amides is 1. The zero-order chi connectivity index (χ0) is 14.5. The Bertz CT molecular complexity index is 476. The van der Waals surface area contributed by atoms with Gasteiger partial charge in [0.25, 0.3) is 5.91 Å². The Hall–Kier alpha value is -1.75. The van der Waals surface area contributed by atoms with Crippen LogP contribution in [0.3, 0.4) is 0 Å². The number of hydrogen-bond acceptors (Lipinski definition) is 4. The minimum Gasteiger partial charge on any atom is -0.397 e. The van der Waals surface area contributed by atoms with Crippen LogP contribution in [0.25, 0.3) is 0 Å². The molecule has 1 aromatic rings. The molecule has 0 aromatic heterocycles. The molecule has 0 saturated carbocycles. The predicted octanol–water partition coefficient (Wildman–Crippen LogP) is 1.37. The van der Waals surface area contributed by atoms with Gasteiger partial charge in [0.2, 0.25) is 0 Å². The van der Waals surface area contributed by atoms with Crippen molar-refractivity contribution < 1.29 is 9.90 Å². The Morgan fingerprint density at radius 2 is 2.35 bits per heavy atom. The lowest BCUT2D eigenvalue weighted by molar-refractivity contribution is 0.0963. The Labute approximate surface area is 119 Å². The van der Waals surface area contributed by atoms with Crippen LogP contribution in [0, 0.1) is 0 Å². The van der Waals surface area contributed by atoms with E-state index in [1.807, 2.05) is 12.1 Å². The number of nitrogens with zero attached hydrogens (tertiary/aromatic N) is 1. The molecule has 5 nitrogen and oxygen atoms in total. The summed E-state index contributed by atoms with van der Waals surface area (Å²) in [4.78, 5) is 13.9. The Morgan fingerprint density at radius 3 is 3.00 bits per heavy atom. The maximum absolute atomic E-state index is 11.6. The first-order chi connectivity index (χ1) is 9.67. The summed E-state index contributed by atoms with van der Waals surface area (Å²) in [6.45, 7) is 1.22. The molecule has 1 amide bonds. The van der Waals surface area contributed by atoms with Gasteiger partial charge in [0.05, 0.1) is 11.4 Å². The second-order valence-corrected chi connectivity index (χ2v) is 5.21. The highest BCUT2D eigenvalue weighted by atomic mass is 16.2. The molecule has 1 unspecified atom stereocenters. The standard InChI is InChI=1S/C15H23N3O2/c1-17-15(20)11-6-7-14(13(16)10-11)18-8-2-4-12(18)5-3-9-19/h6-7,10,12,19H,2-5,8-9,16H2,1H3,(H,17,20). The maximum atomic E-state index is 11.6. The molecule has 1 aliphatic rings. The van der Waals surface area contributed by atoms with Gasteiger partial charge in [0.1, 0.15) is 0 Å². The molecule has 110 valence electrons. The first-order valence-electron chi connectivity index (χ1n) is 7.16. The molecule has 1 heterocycles. The second kappa shape index (κ2) is 6.61. The van der Waals surface area contributed by atoms with Crippen LogP contribution < -0.4 is 16.0 Å². The third kappa shape index (κ3) is 3.04. The van der Waals surface area contributed by atoms with E-state index in [-0.39, 0.29) is 12.5 Å². The van der Waals surface area contributed by atoms with Crippen molar-refractivity contribution in [2.75, 3.05) is 30.8 Å². The van der Waals surface area contributed by atoms with Crippen LogP contribution in [0.4, 0.5) is 11.4 Å². The summed E-state index contributed by atoms with van der Waals surface area (Å²) < 4.78 is 0. The molecule has 0 spiro atoms. The normalized spacial score (nSPS) is 18.3. The SMILES string of the molecule is CNC(=O)c1ccc(N2CCCC2CCCO)c(N)c1. The fourth-order valence-corrected chi connectivity index (χ4v) is 2.88. The Balaban J connectivity index is 2.17. The molecular weight excluding hydrogens is 254 g/mol. The van der Waals surface area contributed by atoms with E-state index >= 15 is 0 Å². The monoisotopic (exact) mass is 277 g/mol. The van der Waals surface area contributed by atoms with E-state index in [0.29, 0.717) is 17.3 Å². The highest BCUT2D eigenvalue weighted by Gasteiger charge is 2.25. The van der Waals surface area contributed by atoms with Gasteiger partial charge in [-0.15, -0.1) is 0 Å². The van der Waals surface area contributed by atoms with E-state index in [4.69, 9.17) is 10.8 Å². The summed E-state index contributed by atoms with van der Waals surface area (Å²) in [5, 5.41) is 11.6. The van der Waals surface area contributed by atoms with Gasteiger partial charge in [0, 0.05) is 31.8 Å². The molecule has 20 heavy (non-hydrogen) atoms. The predicted molar refractivity (Wildman–Crippen MR) is 80.9 cm³/mol. The summed E-state index contributed by atoms with van der Waals surface area (Å²) in [7, 11) is 1.61. The number of anilines is 2. The lowest BCUT2D eigenvalue weighted by Gasteiger charge is -2.28. The number of benzene rings is 1. The number of nitrogens with two attached hydrogens (primary N) is 1. The number of aliphatic hydroxyl groups excluding tert-OH is 1. The summed E-state index contributed by atoms with van der Waals surface area (Å²) in [6, 6.07) is 5.91. The Kier molecular flexibility index (Phi) is 4.84. The fourth-order valence-electron chi connectivity index (χ4n) is 2.88. The molecule has 1 saturated heterocycles. The average Bonchev–Trinajstić information content (AvgIpc) is 2.92. The van der Waals surface area contributed by atoms with Gasteiger partial charge < -0.3 is 21.1 Å². The van der Waals surface area contributed by atoms with Crippen molar-refractivity contribution in [3.8, 4) is 0 Å². The lowest BCUT2D eigenvalue weighted by Crippen LogP contribution is -2.30. The number of nitrogens with one attached hydrogen (secondary N) is 1. The van der Waals surface area contributed by atoms with E-state index in [1.165, 1.54) is 0 Å². The molecule has 4 N–H and O–H groups in total. The van der Waals surface area contributed by atoms with E-state index in [1.54, 1.807) is 13.1 Å². The smallest absolute Gasteiger partial charge is 0.251 e. The van der Waals surface area contributed by atoms with Crippen molar-refractivity contribution >= 4 is 17.3 Å². The molecule has 2 rings (SSSR count). The number of nitrogen functional groups attached to an aromatic ring is 1. The van der Waals surface area contributed by atoms with E-state index in [0.717, 1.165) is 37.9 Å². The van der Waals surface area contributed by atoms with Gasteiger partial charge in [-0.05, 0) is 43.9 Å². The molecular formula is C15H23N3O2. The van der Waals surface area contributed by atoms with Crippen molar-refractivity contribution in [3.63, 3.8) is 0 Å². The van der Waals surface area contributed by atoms with E-state index < -0.39 is 0 Å². The molecule has 1 aliphatic heterocycles. The van der Waals surface area contributed by atoms with Gasteiger partial charge in [-0.2, -0.15) is 0 Å². The van der Waals surface area contributed by atoms with Crippen molar-refractivity contribution in [1.29, 1.82) is 0 Å². The second-order valence-electron chi connectivity index (χ2n) is 5.21. The molecule has 1 fully saturated rings. The van der Waals surface area contributed by atoms with Crippen LogP contribution in [0.5, 0.6) is 0 Å². The number of rotatable bonds is 5. The maximum Gasteiger partial charge on any atom is 0.251 e. The third-order valence-electron chi connectivity index (χ3n) is 3.90. The summed E-state index contributed by atoms with van der Waals surface area (Å²) in [5.74, 6) is -0.124. The summed E-state index contributed by atoms with van der Waals surface area (Å²) in [5.41, 5.74) is 8.34. The summed E-state index contributed by atoms with van der Waals surface area (Å²) >= 11 is 0. The first-order valence-corrected chi connectivity index (χ1v) is 7.16. The van der Waals surface area contributed by atoms with Crippen molar-refractivity contribution in [3.05, 3.63) is 23.8 Å². The van der Waals surface area contributed by atoms with Gasteiger partial charge in [-0.1, -0.05) is 0 Å². The molecule has 0 radical (unpaired) electrons. The van der Waals surface area contributed by atoms with E-state index in [2.05, 4.69) is 10.2 Å². The average molecular weight is 277 g/mol. The van der Waals surface area contributed by atoms with Gasteiger partial charge in [-0.25, -0.2) is 0 Å². The van der Waals surface area contributed by atoms with Crippen LogP contribution in [0.15, 0.2) is 18.2 Å². The van der Waals surface area contributed by atoms with Crippen molar-refractivity contribution in [2.24, 2.45) is 0 Å². The number of aliphatic hydroxyl groups is 1. The quantitative estimate of drug-likeness (QED) is 0.710. The minimum atomic E-state index is -0.124. The van der Waals surface area contributed by atoms with Crippen LogP contribution in [0.2, 0.25) is 0 Å². The van der Waals surface area contributed by atoms with E-state index in [9.17, 15) is 4.79 Å². The third-order valence-corrected chi connectivity index (χ3v) is 3.90. The Morgan fingerprint density at radius 1 is 1.55 bits per heavy atom. The fraction of sp³-hybridized carbons (Fsp3) is 0.533. The van der Waals surface area contributed by atoms with Crippen LogP contribution in [-0.4, -0.2) is 37.3 Å². The highest BCUT2D eigenvalue weighted by molar-refractivity contribution is 5.96. The highest BCUT2D eigenvalue weighted by Crippen LogP contribution is 2.32. The lowest BCUT2D eigenvalue weighted by atomic mass is 10.1. The zero-order valence-electron chi connectivity index (χ0n) is 11.9. The largest absolute Gasteiger partial charge is 0.397 e. The van der Waals surface area contributed by atoms with Crippen LogP contribution >= 0.6 is 0 Å². The zero-order valence-corrected chi connectivity index (χ0v) is 11.9. The molecule has 1 aromatic carbocycles.